The third-order valence-corrected chi connectivity index (χ3v) is 2.28. The predicted octanol–water partition coefficient (Wildman–Crippen LogP) is -5.97. The fourth-order valence-electron chi connectivity index (χ4n) is 1.36. The van der Waals surface area contributed by atoms with E-state index in [1.807, 2.05) is 0 Å². The standard InChI is InChI=1S/C12H20O4.2K/c1-2-3-4-5-6-7-8-10(12(15)16)9-11(13)14;;/h7-8,10H,2-6,9H2,1H3,(H,13,14)(H,15,16);;/q;2*+1/p-2. The first-order chi connectivity index (χ1) is 7.57. The third kappa shape index (κ3) is 16.0. The van der Waals surface area contributed by atoms with Crippen LogP contribution >= 0.6 is 0 Å². The average Bonchev–Trinajstić information content (AvgIpc) is 2.20. The monoisotopic (exact) mass is 304 g/mol. The topological polar surface area (TPSA) is 80.3 Å². The first-order valence-corrected chi connectivity index (χ1v) is 5.65. The first kappa shape index (κ1) is 24.9. The van der Waals surface area contributed by atoms with Gasteiger partial charge in [0.1, 0.15) is 0 Å². The van der Waals surface area contributed by atoms with Gasteiger partial charge in [0.2, 0.25) is 0 Å². The molecule has 0 spiro atoms. The number of hydrogen-bond acceptors (Lipinski definition) is 4. The van der Waals surface area contributed by atoms with Crippen LogP contribution in [0.4, 0.5) is 0 Å². The van der Waals surface area contributed by atoms with Gasteiger partial charge < -0.3 is 19.8 Å². The van der Waals surface area contributed by atoms with Crippen molar-refractivity contribution in [2.45, 2.75) is 45.4 Å². The molecule has 0 fully saturated rings. The molecule has 0 aromatic carbocycles. The van der Waals surface area contributed by atoms with Gasteiger partial charge in [-0.1, -0.05) is 38.3 Å². The van der Waals surface area contributed by atoms with Crippen LogP contribution in [0.25, 0.3) is 0 Å². The number of rotatable bonds is 9. The van der Waals surface area contributed by atoms with Crippen LogP contribution in [-0.2, 0) is 9.59 Å². The van der Waals surface area contributed by atoms with E-state index in [-0.39, 0.29) is 103 Å². The van der Waals surface area contributed by atoms with E-state index in [1.165, 1.54) is 6.08 Å². The van der Waals surface area contributed by atoms with Crippen molar-refractivity contribution in [3.05, 3.63) is 12.2 Å². The molecule has 0 aromatic heterocycles. The Morgan fingerprint density at radius 3 is 2.17 bits per heavy atom. The Labute approximate surface area is 194 Å². The number of hydrogen-bond donors (Lipinski definition) is 0. The molecule has 1 unspecified atom stereocenters. The van der Waals surface area contributed by atoms with Crippen molar-refractivity contribution in [1.29, 1.82) is 0 Å². The molecule has 6 heteroatoms. The van der Waals surface area contributed by atoms with Gasteiger partial charge in [-0.25, -0.2) is 0 Å². The van der Waals surface area contributed by atoms with Crippen LogP contribution in [0.3, 0.4) is 0 Å². The first-order valence-electron chi connectivity index (χ1n) is 5.65. The van der Waals surface area contributed by atoms with Crippen LogP contribution in [0, 0.1) is 5.92 Å². The van der Waals surface area contributed by atoms with E-state index in [0.717, 1.165) is 32.1 Å². The predicted molar refractivity (Wildman–Crippen MR) is 56.0 cm³/mol. The zero-order chi connectivity index (χ0) is 12.4. The second kappa shape index (κ2) is 17.0. The SMILES string of the molecule is CCCCCCC=CC(CC(=O)[O-])C(=O)[O-].[K+].[K+]. The van der Waals surface area contributed by atoms with Crippen molar-refractivity contribution in [2.75, 3.05) is 0 Å². The van der Waals surface area contributed by atoms with Gasteiger partial charge in [-0.3, -0.25) is 0 Å². The summed E-state index contributed by atoms with van der Waals surface area (Å²) in [6.07, 6.45) is 7.76. The third-order valence-electron chi connectivity index (χ3n) is 2.28. The van der Waals surface area contributed by atoms with Gasteiger partial charge >= 0.3 is 103 Å². The molecule has 0 radical (unpaired) electrons. The molecule has 0 aromatic rings. The van der Waals surface area contributed by atoms with Crippen LogP contribution in [-0.4, -0.2) is 11.9 Å². The molecular formula is C12H18K2O4. The molecule has 0 rings (SSSR count). The number of carboxylic acids is 2. The molecule has 0 amide bonds. The second-order valence-corrected chi connectivity index (χ2v) is 3.78. The molecule has 0 aliphatic heterocycles. The smallest absolute Gasteiger partial charge is 0.550 e. The van der Waals surface area contributed by atoms with Crippen molar-refractivity contribution in [3.8, 4) is 0 Å². The number of carbonyl (C=O) groups is 2. The van der Waals surface area contributed by atoms with Crippen molar-refractivity contribution in [1.82, 2.24) is 0 Å². The maximum absolute atomic E-state index is 10.5. The minimum absolute atomic E-state index is 0. The quantitative estimate of drug-likeness (QED) is 0.241. The minimum Gasteiger partial charge on any atom is -0.550 e. The molecule has 0 bridgehead atoms. The maximum Gasteiger partial charge on any atom is 1.00 e. The van der Waals surface area contributed by atoms with Gasteiger partial charge in [0.15, 0.2) is 0 Å². The summed E-state index contributed by atoms with van der Waals surface area (Å²) in [6.45, 7) is 2.11. The molecule has 0 aliphatic carbocycles. The van der Waals surface area contributed by atoms with Gasteiger partial charge in [0.25, 0.3) is 0 Å². The summed E-state index contributed by atoms with van der Waals surface area (Å²) in [5, 5.41) is 20.8. The molecular weight excluding hydrogens is 286 g/mol. The van der Waals surface area contributed by atoms with E-state index < -0.39 is 24.3 Å². The molecule has 0 aliphatic rings. The number of carboxylic acid groups (broad SMARTS) is 2. The molecule has 0 saturated heterocycles. The summed E-state index contributed by atoms with van der Waals surface area (Å²) in [4.78, 5) is 20.8. The minimum atomic E-state index is -1.37. The Hall–Kier alpha value is 1.95. The van der Waals surface area contributed by atoms with Crippen LogP contribution in [0.15, 0.2) is 12.2 Å². The summed E-state index contributed by atoms with van der Waals surface area (Å²) in [5.74, 6) is -3.81. The summed E-state index contributed by atoms with van der Waals surface area (Å²) < 4.78 is 0. The molecule has 0 saturated carbocycles. The normalized spacial score (nSPS) is 11.4. The van der Waals surface area contributed by atoms with E-state index in [4.69, 9.17) is 0 Å². The Kier molecular flexibility index (Phi) is 23.6. The average molecular weight is 304 g/mol. The molecule has 1 atom stereocenters. The molecule has 4 nitrogen and oxygen atoms in total. The van der Waals surface area contributed by atoms with Crippen LogP contribution < -0.4 is 113 Å². The largest absolute Gasteiger partial charge is 1.00 e. The van der Waals surface area contributed by atoms with Gasteiger partial charge in [-0.2, -0.15) is 0 Å². The van der Waals surface area contributed by atoms with E-state index in [1.54, 1.807) is 6.08 Å². The number of allylic oxidation sites excluding steroid dienone is 1. The Balaban J connectivity index is -0.00000112. The van der Waals surface area contributed by atoms with Crippen molar-refractivity contribution < 1.29 is 123 Å². The second-order valence-electron chi connectivity index (χ2n) is 3.78. The maximum atomic E-state index is 10.5. The molecule has 92 valence electrons. The fourth-order valence-corrected chi connectivity index (χ4v) is 1.36. The van der Waals surface area contributed by atoms with Crippen LogP contribution in [0.5, 0.6) is 0 Å². The van der Waals surface area contributed by atoms with Crippen molar-refractivity contribution in [3.63, 3.8) is 0 Å². The zero-order valence-electron chi connectivity index (χ0n) is 11.6. The number of unbranched alkanes of at least 4 members (excludes halogenated alkanes) is 4. The van der Waals surface area contributed by atoms with Gasteiger partial charge in [-0.05, 0) is 19.3 Å². The van der Waals surface area contributed by atoms with Crippen molar-refractivity contribution in [2.24, 2.45) is 5.92 Å². The van der Waals surface area contributed by atoms with E-state index in [2.05, 4.69) is 6.92 Å². The fraction of sp³-hybridized carbons (Fsp3) is 0.667. The molecule has 0 heterocycles. The van der Waals surface area contributed by atoms with E-state index in [0.29, 0.717) is 0 Å². The Morgan fingerprint density at radius 2 is 1.72 bits per heavy atom. The zero-order valence-corrected chi connectivity index (χ0v) is 17.9. The number of carbonyl (C=O) groups excluding carboxylic acids is 2. The summed E-state index contributed by atoms with van der Waals surface area (Å²) in [5.41, 5.74) is 0. The summed E-state index contributed by atoms with van der Waals surface area (Å²) >= 11 is 0. The van der Waals surface area contributed by atoms with E-state index in [9.17, 15) is 19.8 Å². The molecule has 18 heavy (non-hydrogen) atoms. The Bertz CT molecular complexity index is 254. The Morgan fingerprint density at radius 1 is 1.11 bits per heavy atom. The number of aliphatic carboxylic acids is 2. The van der Waals surface area contributed by atoms with Crippen LogP contribution in [0.1, 0.15) is 45.4 Å². The van der Waals surface area contributed by atoms with Crippen molar-refractivity contribution >= 4 is 11.9 Å². The van der Waals surface area contributed by atoms with E-state index >= 15 is 0 Å². The molecule has 0 N–H and O–H groups in total. The summed E-state index contributed by atoms with van der Waals surface area (Å²) in [7, 11) is 0. The van der Waals surface area contributed by atoms with Gasteiger partial charge in [-0.15, -0.1) is 0 Å². The summed E-state index contributed by atoms with van der Waals surface area (Å²) in [6, 6.07) is 0. The van der Waals surface area contributed by atoms with Gasteiger partial charge in [0, 0.05) is 17.9 Å². The van der Waals surface area contributed by atoms with Gasteiger partial charge in [0.05, 0.1) is 0 Å². The van der Waals surface area contributed by atoms with Crippen LogP contribution in [0.2, 0.25) is 0 Å².